The van der Waals surface area contributed by atoms with Gasteiger partial charge in [-0.25, -0.2) is 0 Å². The van der Waals surface area contributed by atoms with E-state index in [9.17, 15) is 4.79 Å². The Bertz CT molecular complexity index is 541. The predicted octanol–water partition coefficient (Wildman–Crippen LogP) is 2.92. The molecule has 5 nitrogen and oxygen atoms in total. The Morgan fingerprint density at radius 3 is 2.50 bits per heavy atom. The third-order valence-electron chi connectivity index (χ3n) is 4.70. The summed E-state index contributed by atoms with van der Waals surface area (Å²) in [4.78, 5) is 12.4. The second kappa shape index (κ2) is 9.14. The number of hydrogen-bond acceptors (Lipinski definition) is 4. The number of ether oxygens (including phenoxy) is 2. The van der Waals surface area contributed by atoms with Gasteiger partial charge in [-0.05, 0) is 69.8 Å². The Morgan fingerprint density at radius 1 is 1.12 bits per heavy atom. The summed E-state index contributed by atoms with van der Waals surface area (Å²) in [5, 5.41) is 6.40. The number of methoxy groups -OCH3 is 1. The van der Waals surface area contributed by atoms with Gasteiger partial charge in [0, 0.05) is 11.6 Å². The molecule has 0 radical (unpaired) electrons. The zero-order valence-electron chi connectivity index (χ0n) is 14.2. The average Bonchev–Trinajstić information content (AvgIpc) is 3.09. The number of nitrogens with one attached hydrogen (secondary N) is 2. The van der Waals surface area contributed by atoms with Gasteiger partial charge in [0.15, 0.2) is 11.5 Å². The highest BCUT2D eigenvalue weighted by atomic mass is 35.5. The highest BCUT2D eigenvalue weighted by Gasteiger charge is 2.20. The van der Waals surface area contributed by atoms with Crippen molar-refractivity contribution < 1.29 is 14.3 Å². The van der Waals surface area contributed by atoms with Crippen LogP contribution in [-0.4, -0.2) is 38.3 Å². The number of benzene rings is 1. The van der Waals surface area contributed by atoms with E-state index in [-0.39, 0.29) is 30.5 Å². The van der Waals surface area contributed by atoms with Crippen LogP contribution in [0.2, 0.25) is 0 Å². The van der Waals surface area contributed by atoms with Crippen molar-refractivity contribution in [3.63, 3.8) is 0 Å². The summed E-state index contributed by atoms with van der Waals surface area (Å²) in [6.07, 6.45) is 6.88. The first-order chi connectivity index (χ1) is 11.3. The topological polar surface area (TPSA) is 59.6 Å². The van der Waals surface area contributed by atoms with Crippen molar-refractivity contribution in [2.75, 3.05) is 20.2 Å². The first-order valence-corrected chi connectivity index (χ1v) is 8.62. The minimum Gasteiger partial charge on any atom is -0.493 e. The molecule has 0 spiro atoms. The molecule has 1 aromatic rings. The van der Waals surface area contributed by atoms with Gasteiger partial charge in [0.2, 0.25) is 0 Å². The van der Waals surface area contributed by atoms with Gasteiger partial charge in [0.1, 0.15) is 0 Å². The lowest BCUT2D eigenvalue weighted by Crippen LogP contribution is -2.42. The molecule has 1 heterocycles. The number of halogens is 1. The molecule has 1 saturated carbocycles. The quantitative estimate of drug-likeness (QED) is 0.853. The summed E-state index contributed by atoms with van der Waals surface area (Å²) < 4.78 is 11.4. The van der Waals surface area contributed by atoms with Gasteiger partial charge in [-0.15, -0.1) is 12.4 Å². The molecule has 1 aliphatic carbocycles. The number of rotatable bonds is 5. The summed E-state index contributed by atoms with van der Waals surface area (Å²) in [6, 6.07) is 5.71. The molecule has 1 aromatic carbocycles. The zero-order chi connectivity index (χ0) is 16.1. The van der Waals surface area contributed by atoms with Crippen LogP contribution in [0.1, 0.15) is 48.9 Å². The van der Waals surface area contributed by atoms with E-state index in [0.29, 0.717) is 11.3 Å². The standard InChI is InChI=1S/C18H26N2O3.ClH/c1-22-17-12-13(18(21)20-14-8-10-19-11-9-14)6-7-16(17)23-15-4-2-3-5-15;/h6-7,12,14-15,19H,2-5,8-11H2,1H3,(H,20,21);1H. The average molecular weight is 355 g/mol. The smallest absolute Gasteiger partial charge is 0.251 e. The number of amides is 1. The Labute approximate surface area is 149 Å². The van der Waals surface area contributed by atoms with Gasteiger partial charge in [-0.3, -0.25) is 4.79 Å². The van der Waals surface area contributed by atoms with Crippen molar-refractivity contribution in [2.24, 2.45) is 0 Å². The lowest BCUT2D eigenvalue weighted by atomic mass is 10.1. The molecule has 3 rings (SSSR count). The van der Waals surface area contributed by atoms with Crippen LogP contribution in [0.25, 0.3) is 0 Å². The Morgan fingerprint density at radius 2 is 1.83 bits per heavy atom. The van der Waals surface area contributed by atoms with Gasteiger partial charge in [0.25, 0.3) is 5.91 Å². The lowest BCUT2D eigenvalue weighted by molar-refractivity contribution is 0.0929. The summed E-state index contributed by atoms with van der Waals surface area (Å²) in [6.45, 7) is 1.92. The fraction of sp³-hybridized carbons (Fsp3) is 0.611. The highest BCUT2D eigenvalue weighted by Crippen LogP contribution is 2.32. The number of hydrogen-bond donors (Lipinski definition) is 2. The first-order valence-electron chi connectivity index (χ1n) is 8.62. The molecule has 2 N–H and O–H groups in total. The van der Waals surface area contributed by atoms with Gasteiger partial charge < -0.3 is 20.1 Å². The first kappa shape index (κ1) is 18.9. The zero-order valence-corrected chi connectivity index (χ0v) is 15.0. The predicted molar refractivity (Wildman–Crippen MR) is 96.5 cm³/mol. The third-order valence-corrected chi connectivity index (χ3v) is 4.70. The van der Waals surface area contributed by atoms with Crippen LogP contribution in [-0.2, 0) is 0 Å². The van der Waals surface area contributed by atoms with Crippen LogP contribution >= 0.6 is 12.4 Å². The summed E-state index contributed by atoms with van der Waals surface area (Å²) in [7, 11) is 1.62. The highest BCUT2D eigenvalue weighted by molar-refractivity contribution is 5.95. The molecule has 1 amide bonds. The fourth-order valence-electron chi connectivity index (χ4n) is 3.33. The summed E-state index contributed by atoms with van der Waals surface area (Å²) in [5.74, 6) is 1.33. The van der Waals surface area contributed by atoms with Crippen molar-refractivity contribution >= 4 is 18.3 Å². The van der Waals surface area contributed by atoms with E-state index in [2.05, 4.69) is 10.6 Å². The van der Waals surface area contributed by atoms with Crippen LogP contribution in [0.4, 0.5) is 0 Å². The minimum atomic E-state index is -0.0392. The molecule has 134 valence electrons. The maximum absolute atomic E-state index is 12.4. The molecule has 6 heteroatoms. The number of carbonyl (C=O) groups is 1. The molecule has 1 saturated heterocycles. The molecule has 2 fully saturated rings. The lowest BCUT2D eigenvalue weighted by Gasteiger charge is -2.24. The van der Waals surface area contributed by atoms with Gasteiger partial charge >= 0.3 is 0 Å². The van der Waals surface area contributed by atoms with Crippen LogP contribution in [0.3, 0.4) is 0 Å². The molecule has 0 atom stereocenters. The molecular formula is C18H27ClN2O3. The van der Waals surface area contributed by atoms with Crippen molar-refractivity contribution in [2.45, 2.75) is 50.7 Å². The van der Waals surface area contributed by atoms with Crippen molar-refractivity contribution in [3.05, 3.63) is 23.8 Å². The third kappa shape index (κ3) is 4.77. The normalized spacial score (nSPS) is 18.7. The van der Waals surface area contributed by atoms with Crippen molar-refractivity contribution in [3.8, 4) is 11.5 Å². The SMILES string of the molecule is COc1cc(C(=O)NC2CCNCC2)ccc1OC1CCCC1.Cl. The van der Waals surface area contributed by atoms with Crippen LogP contribution in [0.15, 0.2) is 18.2 Å². The van der Waals surface area contributed by atoms with Gasteiger partial charge in [-0.2, -0.15) is 0 Å². The van der Waals surface area contributed by atoms with E-state index in [1.54, 1.807) is 13.2 Å². The molecule has 1 aliphatic heterocycles. The Kier molecular flexibility index (Phi) is 7.18. The second-order valence-corrected chi connectivity index (χ2v) is 6.39. The van der Waals surface area contributed by atoms with E-state index >= 15 is 0 Å². The Balaban J connectivity index is 0.00000208. The summed E-state index contributed by atoms with van der Waals surface area (Å²) >= 11 is 0. The molecule has 24 heavy (non-hydrogen) atoms. The number of carbonyl (C=O) groups excluding carboxylic acids is 1. The monoisotopic (exact) mass is 354 g/mol. The van der Waals surface area contributed by atoms with E-state index in [0.717, 1.165) is 44.5 Å². The van der Waals surface area contributed by atoms with Crippen LogP contribution in [0.5, 0.6) is 11.5 Å². The second-order valence-electron chi connectivity index (χ2n) is 6.39. The Hall–Kier alpha value is -1.46. The van der Waals surface area contributed by atoms with Crippen LogP contribution in [0, 0.1) is 0 Å². The van der Waals surface area contributed by atoms with Gasteiger partial charge in [0.05, 0.1) is 13.2 Å². The van der Waals surface area contributed by atoms with Crippen molar-refractivity contribution in [1.29, 1.82) is 0 Å². The van der Waals surface area contributed by atoms with Crippen LogP contribution < -0.4 is 20.1 Å². The van der Waals surface area contributed by atoms with E-state index < -0.39 is 0 Å². The van der Waals surface area contributed by atoms with E-state index in [1.807, 2.05) is 12.1 Å². The molecule has 0 bridgehead atoms. The van der Waals surface area contributed by atoms with E-state index in [1.165, 1.54) is 12.8 Å². The van der Waals surface area contributed by atoms with Gasteiger partial charge in [-0.1, -0.05) is 0 Å². The summed E-state index contributed by atoms with van der Waals surface area (Å²) in [5.41, 5.74) is 0.624. The fourth-order valence-corrected chi connectivity index (χ4v) is 3.33. The molecule has 2 aliphatic rings. The largest absolute Gasteiger partial charge is 0.493 e. The molecule has 0 aromatic heterocycles. The van der Waals surface area contributed by atoms with Crippen molar-refractivity contribution in [1.82, 2.24) is 10.6 Å². The maximum atomic E-state index is 12.4. The molecular weight excluding hydrogens is 328 g/mol. The molecule has 0 unspecified atom stereocenters. The number of piperidine rings is 1. The minimum absolute atomic E-state index is 0. The van der Waals surface area contributed by atoms with E-state index in [4.69, 9.17) is 9.47 Å². The maximum Gasteiger partial charge on any atom is 0.251 e.